The van der Waals surface area contributed by atoms with Crippen LogP contribution >= 0.6 is 0 Å². The summed E-state index contributed by atoms with van der Waals surface area (Å²) in [7, 11) is 1.72. The molecular formula is C12H22N4O. The summed E-state index contributed by atoms with van der Waals surface area (Å²) in [5, 5.41) is 0. The van der Waals surface area contributed by atoms with Crippen molar-refractivity contribution >= 4 is 5.95 Å². The van der Waals surface area contributed by atoms with Crippen molar-refractivity contribution in [3.63, 3.8) is 0 Å². The van der Waals surface area contributed by atoms with E-state index in [9.17, 15) is 0 Å². The number of nitrogens with two attached hydrogens (primary N) is 1. The maximum Gasteiger partial charge on any atom is 0.205 e. The van der Waals surface area contributed by atoms with Gasteiger partial charge in [-0.15, -0.1) is 0 Å². The fourth-order valence-electron chi connectivity index (χ4n) is 2.35. The molecule has 5 nitrogen and oxygen atoms in total. The monoisotopic (exact) mass is 238 g/mol. The number of hydrogen-bond donors (Lipinski definition) is 1. The van der Waals surface area contributed by atoms with Crippen molar-refractivity contribution in [3.05, 3.63) is 12.4 Å². The van der Waals surface area contributed by atoms with Crippen molar-refractivity contribution in [1.29, 1.82) is 0 Å². The molecule has 1 aromatic rings. The summed E-state index contributed by atoms with van der Waals surface area (Å²) in [6, 6.07) is 0.266. The highest BCUT2D eigenvalue weighted by atomic mass is 16.5. The lowest BCUT2D eigenvalue weighted by Crippen LogP contribution is -2.30. The number of hydrogen-bond acceptors (Lipinski definition) is 4. The molecule has 17 heavy (non-hydrogen) atoms. The molecule has 1 aromatic heterocycles. The molecule has 1 aliphatic rings. The minimum absolute atomic E-state index is 0.266. The first kappa shape index (κ1) is 12.4. The summed E-state index contributed by atoms with van der Waals surface area (Å²) in [6.45, 7) is 5.72. The average molecular weight is 238 g/mol. The van der Waals surface area contributed by atoms with Crippen LogP contribution in [0.15, 0.2) is 12.4 Å². The highest BCUT2D eigenvalue weighted by molar-refractivity contribution is 5.33. The topological polar surface area (TPSA) is 56.3 Å². The quantitative estimate of drug-likeness (QED) is 0.820. The van der Waals surface area contributed by atoms with Crippen LogP contribution in [-0.4, -0.2) is 42.4 Å². The van der Waals surface area contributed by atoms with Gasteiger partial charge in [0.2, 0.25) is 5.95 Å². The van der Waals surface area contributed by atoms with E-state index in [2.05, 4.69) is 21.4 Å². The van der Waals surface area contributed by atoms with Crippen LogP contribution < -0.4 is 10.6 Å². The molecule has 2 atom stereocenters. The minimum Gasteiger partial charge on any atom is -0.383 e. The van der Waals surface area contributed by atoms with Crippen LogP contribution in [0.4, 0.5) is 5.95 Å². The van der Waals surface area contributed by atoms with Gasteiger partial charge in [-0.05, 0) is 19.3 Å². The molecule has 5 heteroatoms. The molecule has 2 unspecified atom stereocenters. The molecule has 2 N–H and O–H groups in total. The number of nitrogens with zero attached hydrogens (tertiary/aromatic N) is 3. The molecule has 0 aromatic carbocycles. The Labute approximate surface area is 103 Å². The van der Waals surface area contributed by atoms with E-state index in [4.69, 9.17) is 10.5 Å². The standard InChI is InChI=1S/C12H22N4O/c1-10(13)11-3-5-16(9-11)12-14-4-6-15(12)7-8-17-2/h4,6,10-11H,3,5,7-9,13H2,1-2H3. The number of imidazole rings is 1. The van der Waals surface area contributed by atoms with E-state index < -0.39 is 0 Å². The summed E-state index contributed by atoms with van der Waals surface area (Å²) in [6.07, 6.45) is 5.02. The molecule has 1 fully saturated rings. The van der Waals surface area contributed by atoms with Crippen LogP contribution in [0, 0.1) is 5.92 Å². The highest BCUT2D eigenvalue weighted by Crippen LogP contribution is 2.23. The van der Waals surface area contributed by atoms with Gasteiger partial charge in [-0.1, -0.05) is 0 Å². The van der Waals surface area contributed by atoms with Crippen LogP contribution in [0.25, 0.3) is 0 Å². The summed E-state index contributed by atoms with van der Waals surface area (Å²) in [5.41, 5.74) is 5.96. The lowest BCUT2D eigenvalue weighted by atomic mass is 10.0. The van der Waals surface area contributed by atoms with Gasteiger partial charge in [0.05, 0.1) is 6.61 Å². The Hall–Kier alpha value is -1.07. The van der Waals surface area contributed by atoms with Crippen molar-refractivity contribution in [2.45, 2.75) is 25.9 Å². The Morgan fingerprint density at radius 2 is 2.47 bits per heavy atom. The first-order valence-electron chi connectivity index (χ1n) is 6.23. The van der Waals surface area contributed by atoms with Gasteiger partial charge >= 0.3 is 0 Å². The molecule has 0 saturated carbocycles. The van der Waals surface area contributed by atoms with Crippen molar-refractivity contribution in [3.8, 4) is 0 Å². The number of rotatable bonds is 5. The second-order valence-corrected chi connectivity index (χ2v) is 4.77. The number of anilines is 1. The van der Waals surface area contributed by atoms with Crippen LogP contribution in [0.2, 0.25) is 0 Å². The molecule has 0 aliphatic carbocycles. The van der Waals surface area contributed by atoms with Crippen molar-refractivity contribution < 1.29 is 4.74 Å². The predicted octanol–water partition coefficient (Wildman–Crippen LogP) is 0.703. The fraction of sp³-hybridized carbons (Fsp3) is 0.750. The SMILES string of the molecule is COCCn1ccnc1N1CCC(C(C)N)C1. The van der Waals surface area contributed by atoms with E-state index in [1.165, 1.54) is 0 Å². The van der Waals surface area contributed by atoms with E-state index in [1.54, 1.807) is 7.11 Å². The summed E-state index contributed by atoms with van der Waals surface area (Å²) in [5.74, 6) is 1.63. The lowest BCUT2D eigenvalue weighted by molar-refractivity contribution is 0.187. The Morgan fingerprint density at radius 1 is 1.65 bits per heavy atom. The van der Waals surface area contributed by atoms with Crippen LogP contribution in [0.3, 0.4) is 0 Å². The molecule has 0 bridgehead atoms. The van der Waals surface area contributed by atoms with E-state index in [1.807, 2.05) is 12.4 Å². The summed E-state index contributed by atoms with van der Waals surface area (Å²) < 4.78 is 7.25. The number of methoxy groups -OCH3 is 1. The van der Waals surface area contributed by atoms with E-state index in [-0.39, 0.29) is 6.04 Å². The van der Waals surface area contributed by atoms with Crippen molar-refractivity contribution in [2.75, 3.05) is 31.7 Å². The van der Waals surface area contributed by atoms with E-state index in [0.29, 0.717) is 12.5 Å². The zero-order valence-corrected chi connectivity index (χ0v) is 10.7. The van der Waals surface area contributed by atoms with Crippen molar-refractivity contribution in [2.24, 2.45) is 11.7 Å². The Balaban J connectivity index is 2.00. The van der Waals surface area contributed by atoms with Gasteiger partial charge < -0.3 is 19.9 Å². The largest absolute Gasteiger partial charge is 0.383 e. The Kier molecular flexibility index (Phi) is 4.02. The highest BCUT2D eigenvalue weighted by Gasteiger charge is 2.27. The van der Waals surface area contributed by atoms with Gasteiger partial charge in [-0.25, -0.2) is 4.98 Å². The molecular weight excluding hydrogens is 216 g/mol. The maximum atomic E-state index is 5.96. The van der Waals surface area contributed by atoms with Crippen LogP contribution in [-0.2, 0) is 11.3 Å². The Morgan fingerprint density at radius 3 is 3.12 bits per heavy atom. The second kappa shape index (κ2) is 5.51. The van der Waals surface area contributed by atoms with E-state index >= 15 is 0 Å². The third kappa shape index (κ3) is 2.79. The molecule has 1 saturated heterocycles. The fourth-order valence-corrected chi connectivity index (χ4v) is 2.35. The second-order valence-electron chi connectivity index (χ2n) is 4.77. The predicted molar refractivity (Wildman–Crippen MR) is 68.1 cm³/mol. The third-order valence-electron chi connectivity index (χ3n) is 3.48. The average Bonchev–Trinajstić information content (AvgIpc) is 2.94. The van der Waals surface area contributed by atoms with Gasteiger partial charge in [0.15, 0.2) is 0 Å². The maximum absolute atomic E-state index is 5.96. The van der Waals surface area contributed by atoms with Gasteiger partial charge in [-0.3, -0.25) is 0 Å². The molecule has 2 rings (SSSR count). The minimum atomic E-state index is 0.266. The third-order valence-corrected chi connectivity index (χ3v) is 3.48. The number of ether oxygens (including phenoxy) is 1. The Bertz CT molecular complexity index is 350. The van der Waals surface area contributed by atoms with Gasteiger partial charge in [0, 0.05) is 45.2 Å². The van der Waals surface area contributed by atoms with Gasteiger partial charge in [-0.2, -0.15) is 0 Å². The summed E-state index contributed by atoms with van der Waals surface area (Å²) in [4.78, 5) is 6.76. The van der Waals surface area contributed by atoms with Crippen molar-refractivity contribution in [1.82, 2.24) is 9.55 Å². The zero-order valence-electron chi connectivity index (χ0n) is 10.7. The molecule has 2 heterocycles. The lowest BCUT2D eigenvalue weighted by Gasteiger charge is -2.20. The smallest absolute Gasteiger partial charge is 0.205 e. The molecule has 1 aliphatic heterocycles. The van der Waals surface area contributed by atoms with Gasteiger partial charge in [0.25, 0.3) is 0 Å². The normalized spacial score (nSPS) is 22.1. The molecule has 0 spiro atoms. The van der Waals surface area contributed by atoms with E-state index in [0.717, 1.165) is 32.0 Å². The molecule has 96 valence electrons. The molecule has 0 radical (unpaired) electrons. The summed E-state index contributed by atoms with van der Waals surface area (Å²) >= 11 is 0. The van der Waals surface area contributed by atoms with Crippen LogP contribution in [0.1, 0.15) is 13.3 Å². The zero-order chi connectivity index (χ0) is 12.3. The van der Waals surface area contributed by atoms with Crippen LogP contribution in [0.5, 0.6) is 0 Å². The first-order valence-corrected chi connectivity index (χ1v) is 6.23. The number of aromatic nitrogens is 2. The van der Waals surface area contributed by atoms with Gasteiger partial charge in [0.1, 0.15) is 0 Å². The first-order chi connectivity index (χ1) is 8.22. The molecule has 0 amide bonds.